The normalized spacial score (nSPS) is 14.5. The maximum Gasteiger partial charge on any atom is 0.222 e. The Morgan fingerprint density at radius 2 is 1.84 bits per heavy atom. The zero-order chi connectivity index (χ0) is 25.9. The van der Waals surface area contributed by atoms with Crippen LogP contribution in [-0.2, 0) is 6.54 Å². The van der Waals surface area contributed by atoms with Gasteiger partial charge in [0, 0.05) is 60.8 Å². The van der Waals surface area contributed by atoms with Gasteiger partial charge < -0.3 is 30.2 Å². The minimum atomic E-state index is 0.245. The molecule has 0 bridgehead atoms. The molecule has 1 fully saturated rings. The van der Waals surface area contributed by atoms with E-state index < -0.39 is 0 Å². The zero-order valence-corrected chi connectivity index (χ0v) is 22.8. The Balaban J connectivity index is 1.49. The van der Waals surface area contributed by atoms with Crippen molar-refractivity contribution in [2.75, 3.05) is 56.3 Å². The minimum absolute atomic E-state index is 0.245. The van der Waals surface area contributed by atoms with Crippen molar-refractivity contribution in [3.05, 3.63) is 60.3 Å². The molecule has 2 aromatic carbocycles. The van der Waals surface area contributed by atoms with Crippen LogP contribution in [0, 0.1) is 0 Å². The SMILES string of the molecule is COc1cc(N2CCN(C)CC2)ccc1-n1ccc2nc(N)nc(NCc3ccccc3SC(C)C)c21. The number of fused-ring (bicyclic) bond motifs is 1. The van der Waals surface area contributed by atoms with Crippen molar-refractivity contribution in [1.29, 1.82) is 0 Å². The first kappa shape index (κ1) is 25.2. The van der Waals surface area contributed by atoms with E-state index in [0.717, 1.165) is 48.6 Å². The van der Waals surface area contributed by atoms with Crippen LogP contribution < -0.4 is 20.7 Å². The highest BCUT2D eigenvalue weighted by Crippen LogP contribution is 2.34. The quantitative estimate of drug-likeness (QED) is 0.320. The van der Waals surface area contributed by atoms with Crippen molar-refractivity contribution in [1.82, 2.24) is 19.4 Å². The van der Waals surface area contributed by atoms with Gasteiger partial charge in [-0.1, -0.05) is 32.0 Å². The average Bonchev–Trinajstić information content (AvgIpc) is 3.31. The summed E-state index contributed by atoms with van der Waals surface area (Å²) in [4.78, 5) is 15.1. The Bertz CT molecular complexity index is 1380. The van der Waals surface area contributed by atoms with Gasteiger partial charge in [-0.3, -0.25) is 0 Å². The van der Waals surface area contributed by atoms with Gasteiger partial charge in [0.1, 0.15) is 11.3 Å². The van der Waals surface area contributed by atoms with Gasteiger partial charge in [0.2, 0.25) is 5.95 Å². The number of thioether (sulfide) groups is 1. The molecule has 0 spiro atoms. The van der Waals surface area contributed by atoms with Crippen LogP contribution in [0.3, 0.4) is 0 Å². The van der Waals surface area contributed by atoms with E-state index in [2.05, 4.69) is 93.0 Å². The third-order valence-electron chi connectivity index (χ3n) is 6.62. The monoisotopic (exact) mass is 517 g/mol. The van der Waals surface area contributed by atoms with E-state index in [-0.39, 0.29) is 5.95 Å². The molecule has 0 atom stereocenters. The molecule has 0 aliphatic carbocycles. The summed E-state index contributed by atoms with van der Waals surface area (Å²) < 4.78 is 7.95. The third kappa shape index (κ3) is 5.47. The molecule has 0 saturated carbocycles. The highest BCUT2D eigenvalue weighted by Gasteiger charge is 2.19. The lowest BCUT2D eigenvalue weighted by molar-refractivity contribution is 0.312. The van der Waals surface area contributed by atoms with E-state index in [4.69, 9.17) is 10.5 Å². The van der Waals surface area contributed by atoms with Crippen LogP contribution in [0.25, 0.3) is 16.7 Å². The largest absolute Gasteiger partial charge is 0.494 e. The number of aromatic nitrogens is 3. The molecule has 9 heteroatoms. The number of hydrogen-bond acceptors (Lipinski definition) is 8. The molecule has 194 valence electrons. The molecule has 2 aromatic heterocycles. The van der Waals surface area contributed by atoms with Gasteiger partial charge >= 0.3 is 0 Å². The van der Waals surface area contributed by atoms with Crippen LogP contribution in [0.1, 0.15) is 19.4 Å². The molecule has 3 heterocycles. The Labute approximate surface area is 222 Å². The first-order chi connectivity index (χ1) is 17.9. The lowest BCUT2D eigenvalue weighted by atomic mass is 10.2. The number of methoxy groups -OCH3 is 1. The van der Waals surface area contributed by atoms with E-state index in [1.54, 1.807) is 7.11 Å². The molecule has 37 heavy (non-hydrogen) atoms. The molecular formula is C28H35N7OS. The summed E-state index contributed by atoms with van der Waals surface area (Å²) in [5, 5.41) is 4.04. The highest BCUT2D eigenvalue weighted by atomic mass is 32.2. The summed E-state index contributed by atoms with van der Waals surface area (Å²) in [6, 6.07) is 16.8. The predicted molar refractivity (Wildman–Crippen MR) is 154 cm³/mol. The van der Waals surface area contributed by atoms with Crippen molar-refractivity contribution in [3.63, 3.8) is 0 Å². The third-order valence-corrected chi connectivity index (χ3v) is 7.75. The van der Waals surface area contributed by atoms with Gasteiger partial charge in [-0.25, -0.2) is 4.98 Å². The summed E-state index contributed by atoms with van der Waals surface area (Å²) in [6.07, 6.45) is 2.00. The molecule has 1 aliphatic rings. The number of piperazine rings is 1. The average molecular weight is 518 g/mol. The van der Waals surface area contributed by atoms with Crippen LogP contribution in [0.4, 0.5) is 17.5 Å². The minimum Gasteiger partial charge on any atom is -0.494 e. The lowest BCUT2D eigenvalue weighted by Gasteiger charge is -2.34. The fraction of sp³-hybridized carbons (Fsp3) is 0.357. The van der Waals surface area contributed by atoms with Crippen molar-refractivity contribution in [2.24, 2.45) is 0 Å². The second-order valence-electron chi connectivity index (χ2n) is 9.62. The number of benzene rings is 2. The van der Waals surface area contributed by atoms with Gasteiger partial charge in [-0.15, -0.1) is 11.8 Å². The summed E-state index contributed by atoms with van der Waals surface area (Å²) in [5.74, 6) is 1.74. The number of nitrogen functional groups attached to an aromatic ring is 1. The Kier molecular flexibility index (Phi) is 7.43. The van der Waals surface area contributed by atoms with Gasteiger partial charge in [-0.2, -0.15) is 4.98 Å². The molecular weight excluding hydrogens is 482 g/mol. The van der Waals surface area contributed by atoms with Crippen LogP contribution in [-0.4, -0.2) is 65.0 Å². The molecule has 5 rings (SSSR count). The van der Waals surface area contributed by atoms with E-state index in [0.29, 0.717) is 17.6 Å². The molecule has 8 nitrogen and oxygen atoms in total. The maximum atomic E-state index is 6.10. The Hall–Kier alpha value is -3.43. The van der Waals surface area contributed by atoms with E-state index >= 15 is 0 Å². The number of nitrogens with one attached hydrogen (secondary N) is 1. The number of nitrogens with two attached hydrogens (primary N) is 1. The second kappa shape index (κ2) is 10.9. The summed E-state index contributed by atoms with van der Waals surface area (Å²) >= 11 is 1.86. The van der Waals surface area contributed by atoms with Gasteiger partial charge in [0.05, 0.1) is 18.3 Å². The van der Waals surface area contributed by atoms with Gasteiger partial charge in [-0.05, 0) is 36.9 Å². The number of nitrogens with zero attached hydrogens (tertiary/aromatic N) is 5. The standard InChI is InChI=1S/C28H35N7OS/c1-19(2)37-25-8-6-5-7-20(25)18-30-27-26-22(31-28(29)32-27)11-12-35(26)23-10-9-21(17-24(23)36-4)34-15-13-33(3)14-16-34/h5-12,17,19H,13-16,18H2,1-4H3,(H3,29,30,31,32). The number of rotatable bonds is 8. The van der Waals surface area contributed by atoms with Crippen molar-refractivity contribution >= 4 is 40.2 Å². The summed E-state index contributed by atoms with van der Waals surface area (Å²) in [5.41, 5.74) is 11.1. The van der Waals surface area contributed by atoms with Crippen LogP contribution in [0.15, 0.2) is 59.6 Å². The van der Waals surface area contributed by atoms with E-state index in [1.165, 1.54) is 16.1 Å². The number of ether oxygens (including phenoxy) is 1. The van der Waals surface area contributed by atoms with Crippen LogP contribution >= 0.6 is 11.8 Å². The maximum absolute atomic E-state index is 6.10. The van der Waals surface area contributed by atoms with Gasteiger partial charge in [0.25, 0.3) is 0 Å². The van der Waals surface area contributed by atoms with Gasteiger partial charge in [0.15, 0.2) is 5.82 Å². The number of likely N-dealkylation sites (N-methyl/N-ethyl adjacent to an activating group) is 1. The molecule has 0 amide bonds. The van der Waals surface area contributed by atoms with Crippen molar-refractivity contribution in [2.45, 2.75) is 30.5 Å². The molecule has 0 radical (unpaired) electrons. The van der Waals surface area contributed by atoms with Crippen molar-refractivity contribution in [3.8, 4) is 11.4 Å². The van der Waals surface area contributed by atoms with Crippen LogP contribution in [0.5, 0.6) is 5.75 Å². The summed E-state index contributed by atoms with van der Waals surface area (Å²) in [7, 11) is 3.88. The fourth-order valence-corrected chi connectivity index (χ4v) is 5.67. The number of anilines is 3. The molecule has 3 N–H and O–H groups in total. The second-order valence-corrected chi connectivity index (χ2v) is 11.2. The predicted octanol–water partition coefficient (Wildman–Crippen LogP) is 4.88. The van der Waals surface area contributed by atoms with Crippen LogP contribution in [0.2, 0.25) is 0 Å². The Morgan fingerprint density at radius 1 is 1.05 bits per heavy atom. The Morgan fingerprint density at radius 3 is 2.59 bits per heavy atom. The first-order valence-corrected chi connectivity index (χ1v) is 13.6. The fourth-order valence-electron chi connectivity index (χ4n) is 4.71. The molecule has 4 aromatic rings. The smallest absolute Gasteiger partial charge is 0.222 e. The molecule has 0 unspecified atom stereocenters. The highest BCUT2D eigenvalue weighted by molar-refractivity contribution is 8.00. The summed E-state index contributed by atoms with van der Waals surface area (Å²) in [6.45, 7) is 9.16. The first-order valence-electron chi connectivity index (χ1n) is 12.7. The number of hydrogen-bond donors (Lipinski definition) is 2. The lowest BCUT2D eigenvalue weighted by Crippen LogP contribution is -2.44. The topological polar surface area (TPSA) is 84.5 Å². The molecule has 1 aliphatic heterocycles. The zero-order valence-electron chi connectivity index (χ0n) is 21.9. The molecule has 1 saturated heterocycles. The van der Waals surface area contributed by atoms with Crippen molar-refractivity contribution < 1.29 is 4.74 Å². The van der Waals surface area contributed by atoms with E-state index in [1.807, 2.05) is 24.0 Å². The van der Waals surface area contributed by atoms with E-state index in [9.17, 15) is 0 Å².